The molecule has 0 amide bonds. The number of hydrogen-bond acceptors (Lipinski definition) is 0. The summed E-state index contributed by atoms with van der Waals surface area (Å²) in [6, 6.07) is 11.5. The minimum Gasteiger partial charge on any atom is -0.193 e. The Hall–Kier alpha value is -1.63. The third kappa shape index (κ3) is 3.65. The number of benzene rings is 1. The van der Waals surface area contributed by atoms with E-state index in [0.29, 0.717) is 0 Å². The molecule has 124 valence electrons. The Labute approximate surface area is 142 Å². The molecule has 0 aliphatic carbocycles. The van der Waals surface area contributed by atoms with Crippen LogP contribution in [0.2, 0.25) is 0 Å². The van der Waals surface area contributed by atoms with Gasteiger partial charge in [-0.2, -0.15) is 4.57 Å². The predicted octanol–water partition coefficient (Wildman–Crippen LogP) is 5.75. The molecule has 0 aliphatic rings. The van der Waals surface area contributed by atoms with Crippen molar-refractivity contribution in [2.45, 2.75) is 72.8 Å². The van der Waals surface area contributed by atoms with Gasteiger partial charge in [-0.15, -0.1) is 0 Å². The van der Waals surface area contributed by atoms with Crippen molar-refractivity contribution >= 4 is 0 Å². The van der Waals surface area contributed by atoms with Gasteiger partial charge < -0.3 is 0 Å². The van der Waals surface area contributed by atoms with Crippen LogP contribution in [-0.2, 0) is 12.0 Å². The molecule has 1 heteroatoms. The van der Waals surface area contributed by atoms with Crippen LogP contribution in [0.25, 0.3) is 11.3 Å². The van der Waals surface area contributed by atoms with E-state index < -0.39 is 0 Å². The summed E-state index contributed by atoms with van der Waals surface area (Å²) in [5, 5.41) is 0. The van der Waals surface area contributed by atoms with Gasteiger partial charge in [0.1, 0.15) is 0 Å². The molecular formula is C22H32N+. The first-order chi connectivity index (χ1) is 10.9. The Balaban J connectivity index is 2.73. The molecule has 0 fully saturated rings. The summed E-state index contributed by atoms with van der Waals surface area (Å²) in [4.78, 5) is 0. The van der Waals surface area contributed by atoms with Gasteiger partial charge in [0.25, 0.3) is 0 Å². The fourth-order valence-electron chi connectivity index (χ4n) is 3.29. The first kappa shape index (κ1) is 17.7. The number of aromatic nitrogens is 1. The number of hydrogen-bond donors (Lipinski definition) is 0. The van der Waals surface area contributed by atoms with Crippen LogP contribution < -0.4 is 4.57 Å². The van der Waals surface area contributed by atoms with Gasteiger partial charge in [-0.25, -0.2) is 0 Å². The molecular weight excluding hydrogens is 278 g/mol. The van der Waals surface area contributed by atoms with Gasteiger partial charge in [-0.1, -0.05) is 44.9 Å². The van der Waals surface area contributed by atoms with Crippen molar-refractivity contribution in [3.63, 3.8) is 0 Å². The van der Waals surface area contributed by atoms with Gasteiger partial charge in [0.05, 0.1) is 0 Å². The summed E-state index contributed by atoms with van der Waals surface area (Å²) in [6.07, 6.45) is 6.88. The van der Waals surface area contributed by atoms with Crippen LogP contribution >= 0.6 is 0 Å². The fraction of sp³-hybridized carbons (Fsp3) is 0.500. The van der Waals surface area contributed by atoms with Gasteiger partial charge >= 0.3 is 0 Å². The first-order valence-corrected chi connectivity index (χ1v) is 9.07. The number of nitrogens with zero attached hydrogens (tertiary/aromatic N) is 1. The molecule has 0 unspecified atom stereocenters. The second-order valence-electron chi connectivity index (χ2n) is 7.07. The van der Waals surface area contributed by atoms with Crippen LogP contribution in [0.3, 0.4) is 0 Å². The van der Waals surface area contributed by atoms with Gasteiger partial charge in [-0.05, 0) is 37.5 Å². The van der Waals surface area contributed by atoms with Crippen molar-refractivity contribution in [1.82, 2.24) is 0 Å². The molecule has 0 N–H and O–H groups in total. The molecule has 0 saturated carbocycles. The second kappa shape index (κ2) is 7.29. The third-order valence-corrected chi connectivity index (χ3v) is 5.28. The number of aryl methyl sites for hydroxylation is 3. The zero-order valence-electron chi connectivity index (χ0n) is 15.7. The van der Waals surface area contributed by atoms with Gasteiger partial charge in [0.15, 0.2) is 11.7 Å². The van der Waals surface area contributed by atoms with Crippen LogP contribution in [-0.4, -0.2) is 0 Å². The highest BCUT2D eigenvalue weighted by molar-refractivity contribution is 5.63. The van der Waals surface area contributed by atoms with Crippen LogP contribution in [0.4, 0.5) is 0 Å². The summed E-state index contributed by atoms with van der Waals surface area (Å²) in [5.74, 6) is 0. The highest BCUT2D eigenvalue weighted by atomic mass is 15.0. The Kier molecular flexibility index (Phi) is 5.62. The van der Waals surface area contributed by atoms with Crippen molar-refractivity contribution in [1.29, 1.82) is 0 Å². The largest absolute Gasteiger partial charge is 0.213 e. The number of rotatable bonds is 6. The summed E-state index contributed by atoms with van der Waals surface area (Å²) in [6.45, 7) is 13.6. The topological polar surface area (TPSA) is 3.88 Å². The minimum atomic E-state index is 0.163. The SMILES string of the molecule is CCCc1ccc(C)cc1-c1cc(C)cc[n+]1C(C)(CC)CC. The summed E-state index contributed by atoms with van der Waals surface area (Å²) < 4.78 is 2.51. The zero-order chi connectivity index (χ0) is 17.0. The molecule has 1 heterocycles. The van der Waals surface area contributed by atoms with E-state index in [1.807, 2.05) is 0 Å². The maximum Gasteiger partial charge on any atom is 0.213 e. The Bertz CT molecular complexity index is 666. The van der Waals surface area contributed by atoms with E-state index in [0.717, 1.165) is 19.3 Å². The lowest BCUT2D eigenvalue weighted by molar-refractivity contribution is -0.752. The van der Waals surface area contributed by atoms with Crippen molar-refractivity contribution < 1.29 is 4.57 Å². The predicted molar refractivity (Wildman–Crippen MR) is 99.8 cm³/mol. The van der Waals surface area contributed by atoms with Crippen molar-refractivity contribution in [3.05, 3.63) is 53.2 Å². The summed E-state index contributed by atoms with van der Waals surface area (Å²) in [5.41, 5.74) is 7.06. The molecule has 0 saturated heterocycles. The third-order valence-electron chi connectivity index (χ3n) is 5.28. The molecule has 1 nitrogen and oxygen atoms in total. The van der Waals surface area contributed by atoms with E-state index in [-0.39, 0.29) is 5.54 Å². The van der Waals surface area contributed by atoms with Crippen molar-refractivity contribution in [2.24, 2.45) is 0 Å². The smallest absolute Gasteiger partial charge is 0.193 e. The molecule has 1 aromatic carbocycles. The zero-order valence-corrected chi connectivity index (χ0v) is 15.7. The van der Waals surface area contributed by atoms with Crippen LogP contribution in [0.1, 0.15) is 63.6 Å². The van der Waals surface area contributed by atoms with Crippen LogP contribution in [0, 0.1) is 13.8 Å². The average Bonchev–Trinajstić information content (AvgIpc) is 2.56. The monoisotopic (exact) mass is 310 g/mol. The molecule has 2 rings (SSSR count). The van der Waals surface area contributed by atoms with Gasteiger partial charge in [0, 0.05) is 37.5 Å². The van der Waals surface area contributed by atoms with Gasteiger partial charge in [0.2, 0.25) is 5.69 Å². The van der Waals surface area contributed by atoms with Crippen LogP contribution in [0.15, 0.2) is 36.5 Å². The Morgan fingerprint density at radius 1 is 0.913 bits per heavy atom. The van der Waals surface area contributed by atoms with E-state index in [2.05, 4.69) is 82.6 Å². The molecule has 2 aromatic rings. The van der Waals surface area contributed by atoms with E-state index >= 15 is 0 Å². The maximum atomic E-state index is 2.51. The first-order valence-electron chi connectivity index (χ1n) is 9.07. The van der Waals surface area contributed by atoms with Crippen molar-refractivity contribution in [3.8, 4) is 11.3 Å². The van der Waals surface area contributed by atoms with E-state index in [1.165, 1.54) is 34.4 Å². The summed E-state index contributed by atoms with van der Waals surface area (Å²) in [7, 11) is 0. The van der Waals surface area contributed by atoms with E-state index in [9.17, 15) is 0 Å². The fourth-order valence-corrected chi connectivity index (χ4v) is 3.29. The van der Waals surface area contributed by atoms with E-state index in [4.69, 9.17) is 0 Å². The molecule has 0 bridgehead atoms. The van der Waals surface area contributed by atoms with Crippen molar-refractivity contribution in [2.75, 3.05) is 0 Å². The lowest BCUT2D eigenvalue weighted by Crippen LogP contribution is -2.55. The van der Waals surface area contributed by atoms with Gasteiger partial charge in [-0.3, -0.25) is 0 Å². The summed E-state index contributed by atoms with van der Waals surface area (Å²) >= 11 is 0. The highest BCUT2D eigenvalue weighted by Crippen LogP contribution is 2.28. The standard InChI is InChI=1S/C22H32N/c1-7-10-19-12-11-17(4)15-20(19)21-16-18(5)13-14-23(21)22(6,8-2)9-3/h11-16H,7-10H2,1-6H3/q+1. The minimum absolute atomic E-state index is 0.163. The highest BCUT2D eigenvalue weighted by Gasteiger charge is 2.33. The van der Waals surface area contributed by atoms with Crippen LogP contribution in [0.5, 0.6) is 0 Å². The molecule has 0 spiro atoms. The second-order valence-corrected chi connectivity index (χ2v) is 7.07. The molecule has 0 atom stereocenters. The Morgan fingerprint density at radius 3 is 2.17 bits per heavy atom. The molecule has 0 aliphatic heterocycles. The normalized spacial score (nSPS) is 11.7. The lowest BCUT2D eigenvalue weighted by Gasteiger charge is -2.24. The molecule has 23 heavy (non-hydrogen) atoms. The Morgan fingerprint density at radius 2 is 1.57 bits per heavy atom. The molecule has 0 radical (unpaired) electrons. The van der Waals surface area contributed by atoms with E-state index in [1.54, 1.807) is 0 Å². The quantitative estimate of drug-likeness (QED) is 0.598. The lowest BCUT2D eigenvalue weighted by atomic mass is 9.91. The molecule has 1 aromatic heterocycles. The maximum absolute atomic E-state index is 2.51. The number of pyridine rings is 1. The average molecular weight is 311 g/mol.